The number of nitrogens with zero attached hydrogens (tertiary/aromatic N) is 2. The molecule has 0 aromatic carbocycles. The smallest absolute Gasteiger partial charge is 0.119 e. The molecule has 0 fully saturated rings. The monoisotopic (exact) mass is 153 g/mol. The molecule has 0 unspecified atom stereocenters. The second-order valence-corrected chi connectivity index (χ2v) is 2.40. The van der Waals surface area contributed by atoms with Gasteiger partial charge < -0.3 is 5.73 Å². The molecule has 3 nitrogen and oxygen atoms in total. The minimum atomic E-state index is 0.480. The van der Waals surface area contributed by atoms with Crippen LogP contribution in [0.3, 0.4) is 0 Å². The molecule has 0 bridgehead atoms. The summed E-state index contributed by atoms with van der Waals surface area (Å²) in [4.78, 5) is 0. The van der Waals surface area contributed by atoms with E-state index in [1.807, 2.05) is 26.8 Å². The second kappa shape index (κ2) is 4.66. The van der Waals surface area contributed by atoms with Crippen LogP contribution in [0.15, 0.2) is 21.9 Å². The maximum Gasteiger partial charge on any atom is 0.119 e. The number of hydrogen-bond donors (Lipinski definition) is 1. The first-order valence-electron chi connectivity index (χ1n) is 3.55. The highest BCUT2D eigenvalue weighted by Gasteiger charge is 1.90. The van der Waals surface area contributed by atoms with Crippen LogP contribution in [-0.4, -0.2) is 11.5 Å². The Balaban J connectivity index is 4.36. The van der Waals surface area contributed by atoms with Gasteiger partial charge >= 0.3 is 0 Å². The van der Waals surface area contributed by atoms with Crippen molar-refractivity contribution in [3.05, 3.63) is 11.6 Å². The Morgan fingerprint density at radius 1 is 1.18 bits per heavy atom. The maximum atomic E-state index is 5.31. The molecule has 0 heterocycles. The van der Waals surface area contributed by atoms with Crippen molar-refractivity contribution in [1.29, 1.82) is 0 Å². The second-order valence-electron chi connectivity index (χ2n) is 2.40. The quantitative estimate of drug-likeness (QED) is 0.366. The van der Waals surface area contributed by atoms with E-state index in [2.05, 4.69) is 10.2 Å². The van der Waals surface area contributed by atoms with Crippen LogP contribution in [0.25, 0.3) is 0 Å². The van der Waals surface area contributed by atoms with Gasteiger partial charge in [0, 0.05) is 0 Å². The zero-order chi connectivity index (χ0) is 8.85. The van der Waals surface area contributed by atoms with Crippen LogP contribution in [0.4, 0.5) is 0 Å². The molecule has 11 heavy (non-hydrogen) atoms. The molecule has 0 spiro atoms. The molecule has 0 aliphatic carbocycles. The molecule has 0 aromatic rings. The average Bonchev–Trinajstić information content (AvgIpc) is 1.98. The van der Waals surface area contributed by atoms with Crippen molar-refractivity contribution in [2.75, 3.05) is 0 Å². The Morgan fingerprint density at radius 2 is 1.73 bits per heavy atom. The highest BCUT2D eigenvalue weighted by atomic mass is 15.2. The third-order valence-electron chi connectivity index (χ3n) is 1.36. The van der Waals surface area contributed by atoms with E-state index in [1.165, 1.54) is 0 Å². The van der Waals surface area contributed by atoms with Gasteiger partial charge in [-0.1, -0.05) is 6.08 Å². The molecule has 0 saturated heterocycles. The number of nitrogens with two attached hydrogens (primary N) is 1. The van der Waals surface area contributed by atoms with Crippen molar-refractivity contribution < 1.29 is 0 Å². The van der Waals surface area contributed by atoms with Crippen LogP contribution in [-0.2, 0) is 0 Å². The van der Waals surface area contributed by atoms with E-state index in [4.69, 9.17) is 5.73 Å². The summed E-state index contributed by atoms with van der Waals surface area (Å²) in [5.74, 6) is 0.480. The highest BCUT2D eigenvalue weighted by molar-refractivity contribution is 5.97. The predicted molar refractivity (Wildman–Crippen MR) is 49.8 cm³/mol. The summed E-state index contributed by atoms with van der Waals surface area (Å²) >= 11 is 0. The number of rotatable bonds is 2. The lowest BCUT2D eigenvalue weighted by Gasteiger charge is -1.94. The average molecular weight is 153 g/mol. The molecule has 3 heteroatoms. The van der Waals surface area contributed by atoms with Crippen LogP contribution < -0.4 is 5.73 Å². The lowest BCUT2D eigenvalue weighted by Crippen LogP contribution is -2.04. The van der Waals surface area contributed by atoms with Crippen LogP contribution in [0.5, 0.6) is 0 Å². The van der Waals surface area contributed by atoms with Crippen molar-refractivity contribution in [3.8, 4) is 0 Å². The van der Waals surface area contributed by atoms with Crippen LogP contribution >= 0.6 is 0 Å². The standard InChI is InChI=1S/C8H15N3/c1-5-6(2)7(3)10-11-8(4)9/h5H,1-4H3,(H2,9,11)/b6-5+,10-7+. The van der Waals surface area contributed by atoms with E-state index < -0.39 is 0 Å². The zero-order valence-corrected chi connectivity index (χ0v) is 7.55. The topological polar surface area (TPSA) is 50.7 Å². The zero-order valence-electron chi connectivity index (χ0n) is 7.55. The van der Waals surface area contributed by atoms with Crippen molar-refractivity contribution >= 4 is 11.5 Å². The molecule has 0 saturated carbocycles. The summed E-state index contributed by atoms with van der Waals surface area (Å²) in [5, 5.41) is 7.64. The Kier molecular flexibility index (Phi) is 4.18. The van der Waals surface area contributed by atoms with Gasteiger partial charge in [0.1, 0.15) is 5.84 Å². The molecular formula is C8H15N3. The summed E-state index contributed by atoms with van der Waals surface area (Å²) in [6.45, 7) is 7.57. The Labute approximate surface area is 67.7 Å². The molecular weight excluding hydrogens is 138 g/mol. The third-order valence-corrected chi connectivity index (χ3v) is 1.36. The largest absolute Gasteiger partial charge is 0.386 e. The Bertz CT molecular complexity index is 207. The first kappa shape index (κ1) is 9.88. The fraction of sp³-hybridized carbons (Fsp3) is 0.500. The van der Waals surface area contributed by atoms with Gasteiger partial charge in [-0.15, -0.1) is 5.10 Å². The van der Waals surface area contributed by atoms with Crippen molar-refractivity contribution in [1.82, 2.24) is 0 Å². The summed E-state index contributed by atoms with van der Waals surface area (Å²) < 4.78 is 0. The lowest BCUT2D eigenvalue weighted by atomic mass is 10.2. The van der Waals surface area contributed by atoms with E-state index in [0.29, 0.717) is 5.84 Å². The first-order chi connectivity index (χ1) is 5.07. The number of amidine groups is 1. The Hall–Kier alpha value is -1.12. The van der Waals surface area contributed by atoms with E-state index >= 15 is 0 Å². The van der Waals surface area contributed by atoms with Crippen LogP contribution in [0, 0.1) is 0 Å². The molecule has 0 rings (SSSR count). The van der Waals surface area contributed by atoms with Gasteiger partial charge in [-0.05, 0) is 33.3 Å². The van der Waals surface area contributed by atoms with Crippen LogP contribution in [0.1, 0.15) is 27.7 Å². The van der Waals surface area contributed by atoms with Crippen molar-refractivity contribution in [3.63, 3.8) is 0 Å². The predicted octanol–water partition coefficient (Wildman–Crippen LogP) is 1.71. The molecule has 0 aliphatic heterocycles. The molecule has 2 N–H and O–H groups in total. The van der Waals surface area contributed by atoms with Crippen LogP contribution in [0.2, 0.25) is 0 Å². The fourth-order valence-corrected chi connectivity index (χ4v) is 0.442. The van der Waals surface area contributed by atoms with Crippen molar-refractivity contribution in [2.24, 2.45) is 15.9 Å². The van der Waals surface area contributed by atoms with Crippen molar-refractivity contribution in [2.45, 2.75) is 27.7 Å². The minimum Gasteiger partial charge on any atom is -0.386 e. The normalized spacial score (nSPS) is 15.5. The number of allylic oxidation sites excluding steroid dienone is 2. The fourth-order valence-electron chi connectivity index (χ4n) is 0.442. The summed E-state index contributed by atoms with van der Waals surface area (Å²) in [5.41, 5.74) is 7.33. The molecule has 0 aliphatic rings. The lowest BCUT2D eigenvalue weighted by molar-refractivity contribution is 1.20. The molecule has 0 aromatic heterocycles. The summed E-state index contributed by atoms with van der Waals surface area (Å²) in [6, 6.07) is 0. The SMILES string of the molecule is C/C=C(C)/C(C)=N/N=C(\C)N. The van der Waals surface area contributed by atoms with Gasteiger partial charge in [0.25, 0.3) is 0 Å². The van der Waals surface area contributed by atoms with E-state index in [-0.39, 0.29) is 0 Å². The highest BCUT2D eigenvalue weighted by Crippen LogP contribution is 1.95. The third kappa shape index (κ3) is 4.31. The molecule has 0 amide bonds. The van der Waals surface area contributed by atoms with Gasteiger partial charge in [-0.2, -0.15) is 5.10 Å². The van der Waals surface area contributed by atoms with E-state index in [1.54, 1.807) is 6.92 Å². The number of hydrogen-bond acceptors (Lipinski definition) is 2. The molecule has 0 atom stereocenters. The van der Waals surface area contributed by atoms with Gasteiger partial charge in [-0.25, -0.2) is 0 Å². The van der Waals surface area contributed by atoms with Gasteiger partial charge in [0.15, 0.2) is 0 Å². The maximum absolute atomic E-state index is 5.31. The molecule has 62 valence electrons. The summed E-state index contributed by atoms with van der Waals surface area (Å²) in [6.07, 6.45) is 1.99. The van der Waals surface area contributed by atoms with Gasteiger partial charge in [-0.3, -0.25) is 0 Å². The van der Waals surface area contributed by atoms with Gasteiger partial charge in [0.2, 0.25) is 0 Å². The minimum absolute atomic E-state index is 0.480. The van der Waals surface area contributed by atoms with Gasteiger partial charge in [0.05, 0.1) is 5.71 Å². The summed E-state index contributed by atoms with van der Waals surface area (Å²) in [7, 11) is 0. The Morgan fingerprint density at radius 3 is 2.09 bits per heavy atom. The van der Waals surface area contributed by atoms with E-state index in [0.717, 1.165) is 11.3 Å². The first-order valence-corrected chi connectivity index (χ1v) is 3.55. The molecule has 0 radical (unpaired) electrons. The van der Waals surface area contributed by atoms with E-state index in [9.17, 15) is 0 Å².